The Labute approximate surface area is 175 Å². The minimum absolute atomic E-state index is 0.125. The number of phenols is 1. The number of imidazole rings is 1. The van der Waals surface area contributed by atoms with Gasteiger partial charge >= 0.3 is 0 Å². The molecule has 1 aliphatic rings. The van der Waals surface area contributed by atoms with Crippen LogP contribution in [-0.2, 0) is 0 Å². The summed E-state index contributed by atoms with van der Waals surface area (Å²) in [5.41, 5.74) is 2.33. The Hall–Kier alpha value is -3.09. The van der Waals surface area contributed by atoms with Crippen LogP contribution in [0.25, 0.3) is 22.6 Å². The van der Waals surface area contributed by atoms with Crippen molar-refractivity contribution in [2.45, 2.75) is 46.0 Å². The molecule has 6 nitrogen and oxygen atoms in total. The predicted molar refractivity (Wildman–Crippen MR) is 113 cm³/mol. The molecule has 0 spiro atoms. The molecule has 1 aromatic carbocycles. The molecule has 2 atom stereocenters. The molecule has 2 aromatic heterocycles. The van der Waals surface area contributed by atoms with Gasteiger partial charge in [0.15, 0.2) is 5.82 Å². The number of phenolic OH excluding ortho intramolecular Hbond substituents is 1. The third-order valence-electron chi connectivity index (χ3n) is 6.40. The van der Waals surface area contributed by atoms with Crippen molar-refractivity contribution in [2.24, 2.45) is 11.3 Å². The molecule has 0 saturated heterocycles. The van der Waals surface area contributed by atoms with Gasteiger partial charge in [0, 0.05) is 18.5 Å². The molecule has 0 bridgehead atoms. The van der Waals surface area contributed by atoms with E-state index in [0.29, 0.717) is 17.0 Å². The molecule has 1 aliphatic carbocycles. The smallest absolute Gasteiger partial charge is 0.185 e. The van der Waals surface area contributed by atoms with Crippen LogP contribution in [0.2, 0.25) is 0 Å². The van der Waals surface area contributed by atoms with Gasteiger partial charge in [0.1, 0.15) is 17.3 Å². The fraction of sp³-hybridized carbons (Fsp3) is 0.391. The van der Waals surface area contributed by atoms with Gasteiger partial charge < -0.3 is 9.67 Å². The SMILES string of the molecule is C=C(c1cnc(-c2cc(F)c(-n3ccnc3)cc2O)nn1)[C@@H]1CCC[C@](C)(CC)C1. The monoisotopic (exact) mass is 407 g/mol. The number of allylic oxidation sites excluding steroid dienone is 1. The summed E-state index contributed by atoms with van der Waals surface area (Å²) in [4.78, 5) is 8.24. The zero-order valence-corrected chi connectivity index (χ0v) is 17.3. The fourth-order valence-corrected chi connectivity index (χ4v) is 4.28. The quantitative estimate of drug-likeness (QED) is 0.630. The van der Waals surface area contributed by atoms with Gasteiger partial charge in [-0.15, -0.1) is 10.2 Å². The van der Waals surface area contributed by atoms with E-state index < -0.39 is 5.82 Å². The van der Waals surface area contributed by atoms with Crippen molar-refractivity contribution in [3.05, 3.63) is 55.1 Å². The van der Waals surface area contributed by atoms with E-state index in [9.17, 15) is 9.50 Å². The van der Waals surface area contributed by atoms with Gasteiger partial charge in [-0.05, 0) is 42.2 Å². The molecule has 7 heteroatoms. The molecule has 0 aliphatic heterocycles. The van der Waals surface area contributed by atoms with Crippen LogP contribution in [-0.4, -0.2) is 29.8 Å². The molecule has 1 N–H and O–H groups in total. The number of aromatic hydroxyl groups is 1. The number of hydrogen-bond acceptors (Lipinski definition) is 5. The van der Waals surface area contributed by atoms with E-state index in [2.05, 4.69) is 40.6 Å². The van der Waals surface area contributed by atoms with E-state index in [1.165, 1.54) is 35.9 Å². The van der Waals surface area contributed by atoms with Crippen LogP contribution in [0.1, 0.15) is 51.6 Å². The highest BCUT2D eigenvalue weighted by Crippen LogP contribution is 2.45. The van der Waals surface area contributed by atoms with Gasteiger partial charge in [-0.1, -0.05) is 33.3 Å². The predicted octanol–water partition coefficient (Wildman–Crippen LogP) is 5.19. The Morgan fingerprint density at radius 2 is 2.20 bits per heavy atom. The first kappa shape index (κ1) is 20.2. The average molecular weight is 407 g/mol. The maximum absolute atomic E-state index is 14.6. The Morgan fingerprint density at radius 3 is 2.87 bits per heavy atom. The second-order valence-electron chi connectivity index (χ2n) is 8.44. The van der Waals surface area contributed by atoms with E-state index in [1.807, 2.05) is 0 Å². The summed E-state index contributed by atoms with van der Waals surface area (Å²) < 4.78 is 16.1. The molecule has 1 fully saturated rings. The molecule has 0 radical (unpaired) electrons. The topological polar surface area (TPSA) is 76.7 Å². The lowest BCUT2D eigenvalue weighted by atomic mass is 9.67. The van der Waals surface area contributed by atoms with Gasteiger partial charge in [0.2, 0.25) is 0 Å². The Morgan fingerprint density at radius 1 is 1.37 bits per heavy atom. The van der Waals surface area contributed by atoms with Crippen molar-refractivity contribution in [1.82, 2.24) is 24.7 Å². The summed E-state index contributed by atoms with van der Waals surface area (Å²) in [5.74, 6) is -0.105. The summed E-state index contributed by atoms with van der Waals surface area (Å²) in [6.45, 7) is 8.84. The van der Waals surface area contributed by atoms with Crippen LogP contribution in [0.15, 0.2) is 43.6 Å². The standard InChI is InChI=1S/C23H26FN5O/c1-4-23(3)7-5-6-16(12-23)15(2)19-13-26-22(28-27-19)17-10-18(24)20(11-21(17)30)29-9-8-25-14-29/h8-11,13-14,16,30H,2,4-7,12H2,1,3H3/t16-,23+/m1/s1. The Bertz CT molecular complexity index is 1050. The molecule has 156 valence electrons. The number of hydrogen-bond donors (Lipinski definition) is 1. The Kier molecular flexibility index (Phi) is 5.37. The van der Waals surface area contributed by atoms with Crippen LogP contribution in [0.5, 0.6) is 5.75 Å². The fourth-order valence-electron chi connectivity index (χ4n) is 4.28. The molecule has 1 saturated carbocycles. The van der Waals surface area contributed by atoms with Crippen LogP contribution >= 0.6 is 0 Å². The number of aromatic nitrogens is 5. The highest BCUT2D eigenvalue weighted by molar-refractivity contribution is 5.67. The zero-order chi connectivity index (χ0) is 21.3. The van der Waals surface area contributed by atoms with Crippen molar-refractivity contribution in [1.29, 1.82) is 0 Å². The zero-order valence-electron chi connectivity index (χ0n) is 17.3. The van der Waals surface area contributed by atoms with Crippen LogP contribution < -0.4 is 0 Å². The molecule has 30 heavy (non-hydrogen) atoms. The molecular formula is C23H26FN5O. The van der Waals surface area contributed by atoms with Crippen molar-refractivity contribution in [2.75, 3.05) is 0 Å². The number of benzene rings is 1. The molecule has 4 rings (SSSR count). The molecular weight excluding hydrogens is 381 g/mol. The highest BCUT2D eigenvalue weighted by Gasteiger charge is 2.32. The average Bonchev–Trinajstić information content (AvgIpc) is 3.29. The maximum atomic E-state index is 14.6. The van der Waals surface area contributed by atoms with Gasteiger partial charge in [-0.2, -0.15) is 0 Å². The highest BCUT2D eigenvalue weighted by atomic mass is 19.1. The van der Waals surface area contributed by atoms with Gasteiger partial charge in [-0.25, -0.2) is 14.4 Å². The summed E-state index contributed by atoms with van der Waals surface area (Å²) in [6.07, 6.45) is 12.0. The third kappa shape index (κ3) is 3.84. The van der Waals surface area contributed by atoms with Gasteiger partial charge in [-0.3, -0.25) is 0 Å². The molecule has 0 unspecified atom stereocenters. The van der Waals surface area contributed by atoms with E-state index >= 15 is 0 Å². The minimum atomic E-state index is -0.515. The lowest BCUT2D eigenvalue weighted by molar-refractivity contribution is 0.179. The number of rotatable bonds is 5. The first-order valence-corrected chi connectivity index (χ1v) is 10.3. The summed E-state index contributed by atoms with van der Waals surface area (Å²) in [5, 5.41) is 18.8. The largest absolute Gasteiger partial charge is 0.507 e. The molecule has 0 amide bonds. The second-order valence-corrected chi connectivity index (χ2v) is 8.44. The van der Waals surface area contributed by atoms with E-state index in [1.54, 1.807) is 18.6 Å². The molecule has 3 aromatic rings. The van der Waals surface area contributed by atoms with Crippen molar-refractivity contribution < 1.29 is 9.50 Å². The van der Waals surface area contributed by atoms with Crippen molar-refractivity contribution >= 4 is 5.57 Å². The third-order valence-corrected chi connectivity index (χ3v) is 6.40. The van der Waals surface area contributed by atoms with E-state index in [0.717, 1.165) is 24.8 Å². The summed E-state index contributed by atoms with van der Waals surface area (Å²) >= 11 is 0. The first-order chi connectivity index (χ1) is 14.4. The van der Waals surface area contributed by atoms with Gasteiger partial charge in [0.05, 0.1) is 23.8 Å². The van der Waals surface area contributed by atoms with E-state index in [-0.39, 0.29) is 22.8 Å². The molecule has 2 heterocycles. The number of nitrogens with zero attached hydrogens (tertiary/aromatic N) is 5. The maximum Gasteiger partial charge on any atom is 0.185 e. The lowest BCUT2D eigenvalue weighted by Crippen LogP contribution is -2.25. The van der Waals surface area contributed by atoms with Crippen molar-refractivity contribution in [3.8, 4) is 22.8 Å². The number of halogens is 1. The van der Waals surface area contributed by atoms with Gasteiger partial charge in [0.25, 0.3) is 0 Å². The van der Waals surface area contributed by atoms with Crippen LogP contribution in [0.3, 0.4) is 0 Å². The van der Waals surface area contributed by atoms with Crippen LogP contribution in [0, 0.1) is 17.2 Å². The van der Waals surface area contributed by atoms with Crippen LogP contribution in [0.4, 0.5) is 4.39 Å². The van der Waals surface area contributed by atoms with E-state index in [4.69, 9.17) is 0 Å². The Balaban J connectivity index is 1.57. The summed E-state index contributed by atoms with van der Waals surface area (Å²) in [6, 6.07) is 2.54. The minimum Gasteiger partial charge on any atom is -0.507 e. The lowest BCUT2D eigenvalue weighted by Gasteiger charge is -2.38. The first-order valence-electron chi connectivity index (χ1n) is 10.3. The van der Waals surface area contributed by atoms with Crippen molar-refractivity contribution in [3.63, 3.8) is 0 Å². The summed E-state index contributed by atoms with van der Waals surface area (Å²) in [7, 11) is 0. The second kappa shape index (κ2) is 7.97. The normalized spacial score (nSPS) is 21.5.